The molecule has 0 aliphatic heterocycles. The monoisotopic (exact) mass is 191 g/mol. The molecule has 76 valence electrons. The molecule has 1 aliphatic carbocycles. The van der Waals surface area contributed by atoms with Gasteiger partial charge in [-0.15, -0.1) is 0 Å². The van der Waals surface area contributed by atoms with Gasteiger partial charge in [0.05, 0.1) is 5.60 Å². The summed E-state index contributed by atoms with van der Waals surface area (Å²) in [6.07, 6.45) is 2.63. The van der Waals surface area contributed by atoms with Crippen LogP contribution in [0.25, 0.3) is 0 Å². The van der Waals surface area contributed by atoms with E-state index in [0.717, 1.165) is 24.8 Å². The highest BCUT2D eigenvalue weighted by atomic mass is 16.3. The Morgan fingerprint density at radius 1 is 1.43 bits per heavy atom. The minimum Gasteiger partial charge on any atom is -0.385 e. The lowest BCUT2D eigenvalue weighted by Crippen LogP contribution is -2.20. The molecule has 3 N–H and O–H groups in total. The highest BCUT2D eigenvalue weighted by molar-refractivity contribution is 5.36. The van der Waals surface area contributed by atoms with E-state index in [0.29, 0.717) is 0 Å². The van der Waals surface area contributed by atoms with Crippen LogP contribution in [0.4, 0.5) is 0 Å². The zero-order valence-corrected chi connectivity index (χ0v) is 8.53. The van der Waals surface area contributed by atoms with E-state index in [1.807, 2.05) is 25.1 Å². The van der Waals surface area contributed by atoms with Crippen molar-refractivity contribution >= 4 is 0 Å². The second kappa shape index (κ2) is 3.37. The van der Waals surface area contributed by atoms with Crippen LogP contribution in [0.2, 0.25) is 0 Å². The molecule has 0 heterocycles. The highest BCUT2D eigenvalue weighted by Gasteiger charge is 2.43. The summed E-state index contributed by atoms with van der Waals surface area (Å²) < 4.78 is 0. The predicted octanol–water partition coefficient (Wildman–Crippen LogP) is 1.56. The van der Waals surface area contributed by atoms with Gasteiger partial charge in [-0.2, -0.15) is 0 Å². The molecule has 0 bridgehead atoms. The molecule has 2 nitrogen and oxygen atoms in total. The van der Waals surface area contributed by atoms with E-state index in [4.69, 9.17) is 5.73 Å². The Balaban J connectivity index is 2.29. The standard InChI is InChI=1S/C12H17NO/c1-9(13)8-10-4-2-3-5-11(10)12(14)6-7-12/h2-5,9,14H,6-8,13H2,1H3. The lowest BCUT2D eigenvalue weighted by atomic mass is 9.96. The fraction of sp³-hybridized carbons (Fsp3) is 0.500. The molecule has 1 aromatic rings. The number of hydrogen-bond donors (Lipinski definition) is 2. The molecule has 1 fully saturated rings. The normalized spacial score (nSPS) is 20.5. The molecule has 0 radical (unpaired) electrons. The fourth-order valence-corrected chi connectivity index (χ4v) is 1.89. The van der Waals surface area contributed by atoms with Crippen molar-refractivity contribution in [3.8, 4) is 0 Å². The predicted molar refractivity (Wildman–Crippen MR) is 56.9 cm³/mol. The highest BCUT2D eigenvalue weighted by Crippen LogP contribution is 2.46. The summed E-state index contributed by atoms with van der Waals surface area (Å²) in [5, 5.41) is 10.1. The third-order valence-corrected chi connectivity index (χ3v) is 2.78. The summed E-state index contributed by atoms with van der Waals surface area (Å²) in [7, 11) is 0. The molecule has 1 unspecified atom stereocenters. The van der Waals surface area contributed by atoms with Crippen molar-refractivity contribution in [2.75, 3.05) is 0 Å². The number of benzene rings is 1. The summed E-state index contributed by atoms with van der Waals surface area (Å²) in [5.41, 5.74) is 7.52. The molecule has 0 saturated heterocycles. The molecule has 1 aliphatic rings. The summed E-state index contributed by atoms with van der Waals surface area (Å²) in [4.78, 5) is 0. The largest absolute Gasteiger partial charge is 0.385 e. The molecule has 2 heteroatoms. The van der Waals surface area contributed by atoms with E-state index < -0.39 is 5.60 Å². The van der Waals surface area contributed by atoms with Gasteiger partial charge < -0.3 is 10.8 Å². The molecule has 1 aromatic carbocycles. The van der Waals surface area contributed by atoms with Crippen LogP contribution in [0, 0.1) is 0 Å². The fourth-order valence-electron chi connectivity index (χ4n) is 1.89. The van der Waals surface area contributed by atoms with E-state index in [9.17, 15) is 5.11 Å². The van der Waals surface area contributed by atoms with Gasteiger partial charge >= 0.3 is 0 Å². The third kappa shape index (κ3) is 1.81. The first-order chi connectivity index (χ1) is 6.62. The third-order valence-electron chi connectivity index (χ3n) is 2.78. The number of rotatable bonds is 3. The summed E-state index contributed by atoms with van der Waals surface area (Å²) in [6, 6.07) is 8.22. The van der Waals surface area contributed by atoms with Crippen LogP contribution < -0.4 is 5.73 Å². The Hall–Kier alpha value is -0.860. The molecule has 1 saturated carbocycles. The average molecular weight is 191 g/mol. The molecular formula is C12H17NO. The maximum absolute atomic E-state index is 10.1. The van der Waals surface area contributed by atoms with Gasteiger partial charge in [-0.1, -0.05) is 24.3 Å². The van der Waals surface area contributed by atoms with E-state index in [-0.39, 0.29) is 6.04 Å². The molecule has 14 heavy (non-hydrogen) atoms. The lowest BCUT2D eigenvalue weighted by Gasteiger charge is -2.15. The Kier molecular flexibility index (Phi) is 2.33. The van der Waals surface area contributed by atoms with Crippen LogP contribution in [0.3, 0.4) is 0 Å². The Bertz CT molecular complexity index is 329. The van der Waals surface area contributed by atoms with Gasteiger partial charge in [0.25, 0.3) is 0 Å². The number of hydrogen-bond acceptors (Lipinski definition) is 2. The van der Waals surface area contributed by atoms with Crippen LogP contribution >= 0.6 is 0 Å². The zero-order valence-electron chi connectivity index (χ0n) is 8.53. The van der Waals surface area contributed by atoms with Crippen LogP contribution in [0.15, 0.2) is 24.3 Å². The maximum Gasteiger partial charge on any atom is 0.0901 e. The van der Waals surface area contributed by atoms with E-state index in [1.54, 1.807) is 0 Å². The molecular weight excluding hydrogens is 174 g/mol. The number of aliphatic hydroxyl groups is 1. The minimum absolute atomic E-state index is 0.151. The van der Waals surface area contributed by atoms with Crippen molar-refractivity contribution in [1.82, 2.24) is 0 Å². The van der Waals surface area contributed by atoms with Gasteiger partial charge in [0.15, 0.2) is 0 Å². The minimum atomic E-state index is -0.536. The first-order valence-electron chi connectivity index (χ1n) is 5.18. The molecule has 0 amide bonds. The van der Waals surface area contributed by atoms with Crippen LogP contribution in [-0.2, 0) is 12.0 Å². The van der Waals surface area contributed by atoms with Crippen molar-refractivity contribution in [2.24, 2.45) is 5.73 Å². The Morgan fingerprint density at radius 2 is 2.07 bits per heavy atom. The first-order valence-corrected chi connectivity index (χ1v) is 5.18. The van der Waals surface area contributed by atoms with E-state index >= 15 is 0 Å². The molecule has 2 rings (SSSR count). The molecule has 0 spiro atoms. The number of nitrogens with two attached hydrogens (primary N) is 1. The topological polar surface area (TPSA) is 46.2 Å². The zero-order chi connectivity index (χ0) is 10.2. The Labute approximate surface area is 84.7 Å². The second-order valence-corrected chi connectivity index (χ2v) is 4.37. The van der Waals surface area contributed by atoms with Gasteiger partial charge in [0.2, 0.25) is 0 Å². The van der Waals surface area contributed by atoms with Crippen LogP contribution in [0.1, 0.15) is 30.9 Å². The van der Waals surface area contributed by atoms with Crippen molar-refractivity contribution in [3.05, 3.63) is 35.4 Å². The smallest absolute Gasteiger partial charge is 0.0901 e. The SMILES string of the molecule is CC(N)Cc1ccccc1C1(O)CC1. The Morgan fingerprint density at radius 3 is 2.64 bits per heavy atom. The van der Waals surface area contributed by atoms with Gasteiger partial charge in [0.1, 0.15) is 0 Å². The van der Waals surface area contributed by atoms with Crippen LogP contribution in [0.5, 0.6) is 0 Å². The summed E-state index contributed by atoms with van der Waals surface area (Å²) >= 11 is 0. The van der Waals surface area contributed by atoms with E-state index in [1.165, 1.54) is 5.56 Å². The van der Waals surface area contributed by atoms with Gasteiger partial charge in [-0.25, -0.2) is 0 Å². The first kappa shape index (κ1) is 9.69. The quantitative estimate of drug-likeness (QED) is 0.761. The second-order valence-electron chi connectivity index (χ2n) is 4.37. The summed E-state index contributed by atoms with van der Waals surface area (Å²) in [6.45, 7) is 1.99. The van der Waals surface area contributed by atoms with Gasteiger partial charge in [-0.3, -0.25) is 0 Å². The van der Waals surface area contributed by atoms with Crippen molar-refractivity contribution in [1.29, 1.82) is 0 Å². The van der Waals surface area contributed by atoms with E-state index in [2.05, 4.69) is 6.07 Å². The van der Waals surface area contributed by atoms with Crippen molar-refractivity contribution in [2.45, 2.75) is 37.8 Å². The average Bonchev–Trinajstić information content (AvgIpc) is 2.84. The molecule has 1 atom stereocenters. The lowest BCUT2D eigenvalue weighted by molar-refractivity contribution is 0.150. The van der Waals surface area contributed by atoms with Crippen molar-refractivity contribution in [3.63, 3.8) is 0 Å². The van der Waals surface area contributed by atoms with Crippen LogP contribution in [-0.4, -0.2) is 11.1 Å². The van der Waals surface area contributed by atoms with Crippen molar-refractivity contribution < 1.29 is 5.11 Å². The maximum atomic E-state index is 10.1. The summed E-state index contributed by atoms with van der Waals surface area (Å²) in [5.74, 6) is 0. The van der Waals surface area contributed by atoms with Gasteiger partial charge in [0, 0.05) is 6.04 Å². The van der Waals surface area contributed by atoms with Gasteiger partial charge in [-0.05, 0) is 37.3 Å². The molecule has 0 aromatic heterocycles.